The number of hydrogen-bond donors (Lipinski definition) is 0. The fraction of sp³-hybridized carbons (Fsp3) is 0.0588. The summed E-state index contributed by atoms with van der Waals surface area (Å²) in [5.74, 6) is 0.697. The molecule has 0 unspecified atom stereocenters. The Morgan fingerprint density at radius 2 is 2.04 bits per heavy atom. The van der Waals surface area contributed by atoms with Crippen molar-refractivity contribution in [1.29, 1.82) is 0 Å². The maximum absolute atomic E-state index is 12.1. The molecule has 116 valence electrons. The van der Waals surface area contributed by atoms with Gasteiger partial charge in [0.25, 0.3) is 0 Å². The first-order chi connectivity index (χ1) is 11.1. The van der Waals surface area contributed by atoms with Gasteiger partial charge in [0.1, 0.15) is 10.1 Å². The summed E-state index contributed by atoms with van der Waals surface area (Å²) in [7, 11) is 0. The molecule has 3 rings (SSSR count). The van der Waals surface area contributed by atoms with E-state index in [-0.39, 0.29) is 5.12 Å². The molecule has 23 heavy (non-hydrogen) atoms. The molecule has 6 heteroatoms. The van der Waals surface area contributed by atoms with Gasteiger partial charge in [0, 0.05) is 15.2 Å². The Kier molecular flexibility index (Phi) is 5.64. The van der Waals surface area contributed by atoms with Crippen molar-refractivity contribution >= 4 is 66.6 Å². The molecule has 0 spiro atoms. The maximum atomic E-state index is 12.1. The Morgan fingerprint density at radius 1 is 1.22 bits per heavy atom. The van der Waals surface area contributed by atoms with E-state index in [1.54, 1.807) is 0 Å². The summed E-state index contributed by atoms with van der Waals surface area (Å²) in [6.45, 7) is 0. The van der Waals surface area contributed by atoms with Crippen LogP contribution < -0.4 is 0 Å². The predicted molar refractivity (Wildman–Crippen MR) is 105 cm³/mol. The van der Waals surface area contributed by atoms with Crippen molar-refractivity contribution in [3.8, 4) is 0 Å². The van der Waals surface area contributed by atoms with Gasteiger partial charge >= 0.3 is 0 Å². The lowest BCUT2D eigenvalue weighted by atomic mass is 10.2. The first-order valence-electron chi connectivity index (χ1n) is 6.76. The second kappa shape index (κ2) is 7.71. The highest BCUT2D eigenvalue weighted by atomic mass is 79.9. The van der Waals surface area contributed by atoms with E-state index in [4.69, 9.17) is 11.6 Å². The lowest BCUT2D eigenvalue weighted by molar-refractivity contribution is -0.107. The third-order valence-corrected chi connectivity index (χ3v) is 5.98. The molecular formula is C17H11BrClNOS2. The zero-order valence-electron chi connectivity index (χ0n) is 11.8. The first-order valence-corrected chi connectivity index (χ1v) is 9.73. The van der Waals surface area contributed by atoms with Crippen LogP contribution in [0.1, 0.15) is 11.1 Å². The smallest absolute Gasteiger partial charge is 0.244 e. The van der Waals surface area contributed by atoms with Crippen molar-refractivity contribution in [1.82, 2.24) is 0 Å². The molecule has 0 fully saturated rings. The lowest BCUT2D eigenvalue weighted by Crippen LogP contribution is -1.88. The Morgan fingerprint density at radius 3 is 2.83 bits per heavy atom. The summed E-state index contributed by atoms with van der Waals surface area (Å²) in [5.41, 5.74) is 2.47. The molecule has 0 bridgehead atoms. The van der Waals surface area contributed by atoms with Crippen molar-refractivity contribution < 1.29 is 4.79 Å². The summed E-state index contributed by atoms with van der Waals surface area (Å²) in [6, 6.07) is 15.5. The van der Waals surface area contributed by atoms with Gasteiger partial charge in [0.15, 0.2) is 0 Å². The zero-order chi connectivity index (χ0) is 16.2. The van der Waals surface area contributed by atoms with Gasteiger partial charge in [-0.2, -0.15) is 0 Å². The van der Waals surface area contributed by atoms with Gasteiger partial charge in [-0.05, 0) is 47.2 Å². The Labute approximate surface area is 156 Å². The predicted octanol–water partition coefficient (Wildman–Crippen LogP) is 6.01. The largest absolute Gasteiger partial charge is 0.279 e. The molecule has 0 N–H and O–H groups in total. The molecule has 0 aromatic heterocycles. The van der Waals surface area contributed by atoms with Gasteiger partial charge in [-0.1, -0.05) is 69.6 Å². The zero-order valence-corrected chi connectivity index (χ0v) is 15.8. The Bertz CT molecular complexity index is 820. The van der Waals surface area contributed by atoms with Gasteiger partial charge in [0.2, 0.25) is 5.12 Å². The molecule has 0 radical (unpaired) electrons. The fourth-order valence-electron chi connectivity index (χ4n) is 1.96. The van der Waals surface area contributed by atoms with Gasteiger partial charge in [-0.15, -0.1) is 0 Å². The molecule has 0 saturated carbocycles. The summed E-state index contributed by atoms with van der Waals surface area (Å²) in [6.07, 6.45) is 1.81. The van der Waals surface area contributed by atoms with E-state index >= 15 is 0 Å². The SMILES string of the molecule is O=C1SC(SCc2ccccc2Cl)=N/C1=C/c1cccc(Br)c1. The normalized spacial score (nSPS) is 16.0. The third kappa shape index (κ3) is 4.51. The molecule has 0 atom stereocenters. The van der Waals surface area contributed by atoms with Crippen LogP contribution >= 0.6 is 51.1 Å². The van der Waals surface area contributed by atoms with Gasteiger partial charge in [-0.3, -0.25) is 4.79 Å². The monoisotopic (exact) mass is 423 g/mol. The van der Waals surface area contributed by atoms with Crippen LogP contribution in [0.25, 0.3) is 6.08 Å². The minimum atomic E-state index is -0.0216. The van der Waals surface area contributed by atoms with Gasteiger partial charge < -0.3 is 0 Å². The number of thioether (sulfide) groups is 2. The third-order valence-electron chi connectivity index (χ3n) is 3.06. The number of benzene rings is 2. The molecule has 2 aromatic carbocycles. The fourth-order valence-corrected chi connectivity index (χ4v) is 4.50. The van der Waals surface area contributed by atoms with E-state index in [1.807, 2.05) is 54.6 Å². The minimum Gasteiger partial charge on any atom is -0.279 e. The number of halogens is 2. The molecule has 2 nitrogen and oxygen atoms in total. The highest BCUT2D eigenvalue weighted by Crippen LogP contribution is 2.33. The number of carbonyl (C=O) groups is 1. The van der Waals surface area contributed by atoms with Crippen molar-refractivity contribution in [3.63, 3.8) is 0 Å². The number of aliphatic imine (C=N–C) groups is 1. The highest BCUT2D eigenvalue weighted by molar-refractivity contribution is 9.10. The van der Waals surface area contributed by atoms with Crippen LogP contribution in [0.3, 0.4) is 0 Å². The molecular weight excluding hydrogens is 414 g/mol. The molecule has 2 aromatic rings. The quantitative estimate of drug-likeness (QED) is 0.565. The molecule has 0 saturated heterocycles. The van der Waals surface area contributed by atoms with E-state index in [1.165, 1.54) is 23.5 Å². The van der Waals surface area contributed by atoms with Gasteiger partial charge in [-0.25, -0.2) is 4.99 Å². The van der Waals surface area contributed by atoms with E-state index < -0.39 is 0 Å². The van der Waals surface area contributed by atoms with Crippen LogP contribution in [-0.2, 0) is 10.5 Å². The average molecular weight is 425 g/mol. The minimum absolute atomic E-state index is 0.0216. The average Bonchev–Trinajstić information content (AvgIpc) is 2.87. The molecule has 1 aliphatic rings. The van der Waals surface area contributed by atoms with E-state index in [0.29, 0.717) is 11.4 Å². The van der Waals surface area contributed by atoms with Crippen LogP contribution in [0, 0.1) is 0 Å². The standard InChI is InChI=1S/C17H11BrClNOS2/c18-13-6-3-4-11(8-13)9-15-16(21)23-17(20-15)22-10-12-5-1-2-7-14(12)19/h1-9H,10H2/b15-9+. The Balaban J connectivity index is 1.73. The maximum Gasteiger partial charge on any atom is 0.244 e. The number of rotatable bonds is 3. The van der Waals surface area contributed by atoms with Crippen molar-refractivity contribution in [2.24, 2.45) is 4.99 Å². The molecule has 0 aliphatic carbocycles. The topological polar surface area (TPSA) is 29.4 Å². The first kappa shape index (κ1) is 16.8. The van der Waals surface area contributed by atoms with Crippen LogP contribution in [-0.4, -0.2) is 9.49 Å². The number of carbonyl (C=O) groups excluding carboxylic acids is 1. The van der Waals surface area contributed by atoms with Gasteiger partial charge in [0.05, 0.1) is 0 Å². The van der Waals surface area contributed by atoms with Crippen LogP contribution in [0.15, 0.2) is 63.7 Å². The second-order valence-electron chi connectivity index (χ2n) is 4.73. The van der Waals surface area contributed by atoms with E-state index in [0.717, 1.165) is 25.0 Å². The van der Waals surface area contributed by atoms with Crippen molar-refractivity contribution in [2.45, 2.75) is 5.75 Å². The van der Waals surface area contributed by atoms with E-state index in [9.17, 15) is 4.79 Å². The lowest BCUT2D eigenvalue weighted by Gasteiger charge is -2.02. The van der Waals surface area contributed by atoms with Crippen LogP contribution in [0.2, 0.25) is 5.02 Å². The summed E-state index contributed by atoms with van der Waals surface area (Å²) in [5, 5.41) is 0.714. The van der Waals surface area contributed by atoms with Crippen LogP contribution in [0.4, 0.5) is 0 Å². The van der Waals surface area contributed by atoms with Crippen LogP contribution in [0.5, 0.6) is 0 Å². The summed E-state index contributed by atoms with van der Waals surface area (Å²) < 4.78 is 1.73. The second-order valence-corrected chi connectivity index (χ2v) is 8.24. The molecule has 0 amide bonds. The van der Waals surface area contributed by atoms with E-state index in [2.05, 4.69) is 20.9 Å². The Hall–Kier alpha value is -1.01. The van der Waals surface area contributed by atoms with Crippen molar-refractivity contribution in [3.05, 3.63) is 74.9 Å². The molecule has 1 aliphatic heterocycles. The molecule has 1 heterocycles. The number of hydrogen-bond acceptors (Lipinski definition) is 4. The highest BCUT2D eigenvalue weighted by Gasteiger charge is 2.22. The number of nitrogens with zero attached hydrogens (tertiary/aromatic N) is 1. The van der Waals surface area contributed by atoms with Crippen molar-refractivity contribution in [2.75, 3.05) is 0 Å². The summed E-state index contributed by atoms with van der Waals surface area (Å²) >= 11 is 12.3. The summed E-state index contributed by atoms with van der Waals surface area (Å²) in [4.78, 5) is 16.5.